The Hall–Kier alpha value is -2.40. The van der Waals surface area contributed by atoms with E-state index in [0.29, 0.717) is 26.2 Å². The lowest BCUT2D eigenvalue weighted by Gasteiger charge is -2.36. The van der Waals surface area contributed by atoms with Crippen molar-refractivity contribution in [2.45, 2.75) is 25.7 Å². The predicted molar refractivity (Wildman–Crippen MR) is 108 cm³/mol. The second-order valence-electron chi connectivity index (χ2n) is 6.99. The summed E-state index contributed by atoms with van der Waals surface area (Å²) in [5.41, 5.74) is 1.32. The Bertz CT molecular complexity index is 836. The lowest BCUT2D eigenvalue weighted by Crippen LogP contribution is -2.51. The molecule has 6 heteroatoms. The smallest absolute Gasteiger partial charge is 0.255 e. The number of carbonyl (C=O) groups excluding carboxylic acids is 2. The summed E-state index contributed by atoms with van der Waals surface area (Å²) in [5.74, 6) is -0.745. The SMILES string of the molecule is CCCC(C(=O)N1CCN(C(=O)c2ccc(F)cc2Cl)CC1)c1ccccc1. The van der Waals surface area contributed by atoms with Gasteiger partial charge in [-0.1, -0.05) is 55.3 Å². The molecule has 0 aromatic heterocycles. The molecule has 0 N–H and O–H groups in total. The molecule has 1 aliphatic rings. The van der Waals surface area contributed by atoms with Crippen molar-refractivity contribution in [1.82, 2.24) is 9.80 Å². The molecule has 1 aliphatic heterocycles. The summed E-state index contributed by atoms with van der Waals surface area (Å²) in [6.45, 7) is 3.91. The summed E-state index contributed by atoms with van der Waals surface area (Å²) >= 11 is 6.01. The molecule has 0 radical (unpaired) electrons. The van der Waals surface area contributed by atoms with Gasteiger partial charge in [-0.2, -0.15) is 0 Å². The van der Waals surface area contributed by atoms with E-state index < -0.39 is 5.82 Å². The maximum atomic E-state index is 13.2. The third kappa shape index (κ3) is 4.53. The molecule has 1 saturated heterocycles. The maximum absolute atomic E-state index is 13.2. The van der Waals surface area contributed by atoms with E-state index in [1.54, 1.807) is 4.90 Å². The number of benzene rings is 2. The number of hydrogen-bond donors (Lipinski definition) is 0. The quantitative estimate of drug-likeness (QED) is 0.746. The Kier molecular flexibility index (Phi) is 6.68. The molecular formula is C22H24ClFN2O2. The molecule has 28 heavy (non-hydrogen) atoms. The number of amides is 2. The largest absolute Gasteiger partial charge is 0.339 e. The Morgan fingerprint density at radius 3 is 2.29 bits per heavy atom. The number of halogens is 2. The summed E-state index contributed by atoms with van der Waals surface area (Å²) < 4.78 is 13.2. The number of carbonyl (C=O) groups is 2. The van der Waals surface area contributed by atoms with Gasteiger partial charge < -0.3 is 9.80 Å². The molecule has 148 valence electrons. The van der Waals surface area contributed by atoms with Gasteiger partial charge in [0, 0.05) is 26.2 Å². The standard InChI is InChI=1S/C22H24ClFN2O2/c1-2-6-18(16-7-4-3-5-8-16)21(27)25-11-13-26(14-12-25)22(28)19-10-9-17(24)15-20(19)23/h3-5,7-10,15,18H,2,6,11-14H2,1H3. The van der Waals surface area contributed by atoms with Gasteiger partial charge >= 0.3 is 0 Å². The van der Waals surface area contributed by atoms with Crippen LogP contribution in [0.1, 0.15) is 41.6 Å². The Labute approximate surface area is 169 Å². The van der Waals surface area contributed by atoms with Crippen molar-refractivity contribution in [3.8, 4) is 0 Å². The highest BCUT2D eigenvalue weighted by Crippen LogP contribution is 2.25. The van der Waals surface area contributed by atoms with Crippen LogP contribution >= 0.6 is 11.6 Å². The molecule has 2 aromatic rings. The highest BCUT2D eigenvalue weighted by atomic mass is 35.5. The second kappa shape index (κ2) is 9.20. The minimum Gasteiger partial charge on any atom is -0.339 e. The first-order chi connectivity index (χ1) is 13.5. The summed E-state index contributed by atoms with van der Waals surface area (Å²) in [5, 5.41) is 0.107. The van der Waals surface area contributed by atoms with Gasteiger partial charge in [-0.15, -0.1) is 0 Å². The number of hydrogen-bond acceptors (Lipinski definition) is 2. The van der Waals surface area contributed by atoms with Crippen LogP contribution in [0, 0.1) is 5.82 Å². The minimum atomic E-state index is -0.472. The van der Waals surface area contributed by atoms with Crippen molar-refractivity contribution >= 4 is 23.4 Å². The molecule has 1 atom stereocenters. The van der Waals surface area contributed by atoms with Gasteiger partial charge in [0.25, 0.3) is 5.91 Å². The highest BCUT2D eigenvalue weighted by molar-refractivity contribution is 6.33. The fourth-order valence-electron chi connectivity index (χ4n) is 3.59. The van der Waals surface area contributed by atoms with Crippen LogP contribution in [0.2, 0.25) is 5.02 Å². The molecule has 2 amide bonds. The number of rotatable bonds is 5. The van der Waals surface area contributed by atoms with Crippen molar-refractivity contribution in [2.24, 2.45) is 0 Å². The third-order valence-electron chi connectivity index (χ3n) is 5.12. The van der Waals surface area contributed by atoms with E-state index in [2.05, 4.69) is 6.92 Å². The maximum Gasteiger partial charge on any atom is 0.255 e. The summed E-state index contributed by atoms with van der Waals surface area (Å²) in [6, 6.07) is 13.6. The van der Waals surface area contributed by atoms with E-state index in [4.69, 9.17) is 11.6 Å². The van der Waals surface area contributed by atoms with Crippen LogP contribution < -0.4 is 0 Å². The lowest BCUT2D eigenvalue weighted by atomic mass is 9.93. The predicted octanol–water partition coefficient (Wildman–Crippen LogP) is 4.35. The van der Waals surface area contributed by atoms with Crippen molar-refractivity contribution in [3.63, 3.8) is 0 Å². The molecule has 0 aliphatic carbocycles. The molecule has 0 bridgehead atoms. The van der Waals surface area contributed by atoms with Crippen LogP contribution in [0.5, 0.6) is 0 Å². The fourth-order valence-corrected chi connectivity index (χ4v) is 3.84. The van der Waals surface area contributed by atoms with Crippen molar-refractivity contribution in [3.05, 3.63) is 70.5 Å². The van der Waals surface area contributed by atoms with Gasteiger partial charge in [0.05, 0.1) is 16.5 Å². The number of nitrogens with zero attached hydrogens (tertiary/aromatic N) is 2. The average molecular weight is 403 g/mol. The zero-order valence-corrected chi connectivity index (χ0v) is 16.7. The topological polar surface area (TPSA) is 40.6 Å². The molecule has 3 rings (SSSR count). The van der Waals surface area contributed by atoms with Crippen LogP contribution in [-0.4, -0.2) is 47.8 Å². The zero-order valence-electron chi connectivity index (χ0n) is 15.9. The third-order valence-corrected chi connectivity index (χ3v) is 5.43. The van der Waals surface area contributed by atoms with Crippen LogP contribution in [0.3, 0.4) is 0 Å². The molecule has 4 nitrogen and oxygen atoms in total. The van der Waals surface area contributed by atoms with Crippen LogP contribution in [0.15, 0.2) is 48.5 Å². The molecule has 0 spiro atoms. The molecule has 0 saturated carbocycles. The zero-order chi connectivity index (χ0) is 20.1. The Balaban J connectivity index is 1.65. The summed E-state index contributed by atoms with van der Waals surface area (Å²) in [7, 11) is 0. The van der Waals surface area contributed by atoms with Gasteiger partial charge in [-0.25, -0.2) is 4.39 Å². The lowest BCUT2D eigenvalue weighted by molar-refractivity contribution is -0.134. The van der Waals surface area contributed by atoms with E-state index in [1.165, 1.54) is 12.1 Å². The van der Waals surface area contributed by atoms with E-state index >= 15 is 0 Å². The number of piperazine rings is 1. The Morgan fingerprint density at radius 1 is 1.04 bits per heavy atom. The fraction of sp³-hybridized carbons (Fsp3) is 0.364. The minimum absolute atomic E-state index is 0.107. The van der Waals surface area contributed by atoms with Gasteiger partial charge in [-0.3, -0.25) is 9.59 Å². The van der Waals surface area contributed by atoms with E-state index in [-0.39, 0.29) is 28.3 Å². The second-order valence-corrected chi connectivity index (χ2v) is 7.40. The molecule has 2 aromatic carbocycles. The van der Waals surface area contributed by atoms with Crippen LogP contribution in [0.4, 0.5) is 4.39 Å². The van der Waals surface area contributed by atoms with Gasteiger partial charge in [-0.05, 0) is 30.2 Å². The van der Waals surface area contributed by atoms with Crippen LogP contribution in [0.25, 0.3) is 0 Å². The first-order valence-corrected chi connectivity index (χ1v) is 9.97. The first-order valence-electron chi connectivity index (χ1n) is 9.59. The van der Waals surface area contributed by atoms with E-state index in [0.717, 1.165) is 24.5 Å². The Morgan fingerprint density at radius 2 is 1.68 bits per heavy atom. The molecule has 1 heterocycles. The normalized spacial score (nSPS) is 15.4. The molecule has 1 fully saturated rings. The van der Waals surface area contributed by atoms with Gasteiger partial charge in [0.15, 0.2) is 0 Å². The van der Waals surface area contributed by atoms with Crippen molar-refractivity contribution < 1.29 is 14.0 Å². The van der Waals surface area contributed by atoms with Crippen molar-refractivity contribution in [2.75, 3.05) is 26.2 Å². The van der Waals surface area contributed by atoms with E-state index in [9.17, 15) is 14.0 Å². The van der Waals surface area contributed by atoms with Gasteiger partial charge in [0.2, 0.25) is 5.91 Å². The van der Waals surface area contributed by atoms with Gasteiger partial charge in [0.1, 0.15) is 5.82 Å². The highest BCUT2D eigenvalue weighted by Gasteiger charge is 2.30. The van der Waals surface area contributed by atoms with E-state index in [1.807, 2.05) is 35.2 Å². The average Bonchev–Trinajstić information content (AvgIpc) is 2.72. The first kappa shape index (κ1) is 20.3. The van der Waals surface area contributed by atoms with Crippen LogP contribution in [-0.2, 0) is 4.79 Å². The molecular weight excluding hydrogens is 379 g/mol. The summed E-state index contributed by atoms with van der Waals surface area (Å²) in [4.78, 5) is 29.3. The molecule has 1 unspecified atom stereocenters. The monoisotopic (exact) mass is 402 g/mol. The summed E-state index contributed by atoms with van der Waals surface area (Å²) in [6.07, 6.45) is 1.72. The van der Waals surface area contributed by atoms with Crippen molar-refractivity contribution in [1.29, 1.82) is 0 Å².